The van der Waals surface area contributed by atoms with E-state index in [2.05, 4.69) is 5.32 Å². The van der Waals surface area contributed by atoms with Gasteiger partial charge < -0.3 is 25.1 Å². The van der Waals surface area contributed by atoms with Crippen LogP contribution < -0.4 is 16.6 Å². The number of furan rings is 1. The summed E-state index contributed by atoms with van der Waals surface area (Å²) in [5.41, 5.74) is 9.24. The average molecular weight is 464 g/mol. The molecule has 166 valence electrons. The Kier molecular flexibility index (Phi) is 4.94. The number of anilines is 2. The molecular weight excluding hydrogens is 446 g/mol. The number of nitrogens with one attached hydrogen (secondary N) is 1. The standard InChI is InChI=1S/C24H18ClN3O5/c25-14-1-4-18(26)17(11-14)12-8-16-3-5-19(28(16)22(29)10-12)23(30)27-15-2-6-20-13(7-15)9-21(33-20)24(31)32/h1-2,4,6-11,19H,3,5,26H2,(H,27,30)(H,31,32)/t19-/m0/s1. The molecule has 0 saturated carbocycles. The molecular formula is C24H18ClN3O5. The smallest absolute Gasteiger partial charge is 0.371 e. The number of halogens is 1. The molecule has 1 aliphatic rings. The molecule has 0 fully saturated rings. The van der Waals surface area contributed by atoms with Gasteiger partial charge in [0.2, 0.25) is 11.7 Å². The fourth-order valence-electron chi connectivity index (χ4n) is 4.23. The van der Waals surface area contributed by atoms with Crippen molar-refractivity contribution >= 4 is 45.8 Å². The van der Waals surface area contributed by atoms with E-state index < -0.39 is 12.0 Å². The summed E-state index contributed by atoms with van der Waals surface area (Å²) in [4.78, 5) is 37.1. The number of pyridine rings is 1. The summed E-state index contributed by atoms with van der Waals surface area (Å²) in [6.07, 6.45) is 1.04. The van der Waals surface area contributed by atoms with E-state index in [0.29, 0.717) is 51.3 Å². The zero-order valence-electron chi connectivity index (χ0n) is 17.2. The van der Waals surface area contributed by atoms with Crippen molar-refractivity contribution in [3.63, 3.8) is 0 Å². The third-order valence-corrected chi connectivity index (χ3v) is 5.99. The normalized spacial score (nSPS) is 14.9. The minimum atomic E-state index is -1.17. The van der Waals surface area contributed by atoms with Crippen LogP contribution in [0.5, 0.6) is 0 Å². The van der Waals surface area contributed by atoms with E-state index in [0.717, 1.165) is 5.69 Å². The Hall–Kier alpha value is -4.04. The first-order valence-corrected chi connectivity index (χ1v) is 10.6. The molecule has 2 aromatic carbocycles. The minimum Gasteiger partial charge on any atom is -0.475 e. The highest BCUT2D eigenvalue weighted by Gasteiger charge is 2.30. The summed E-state index contributed by atoms with van der Waals surface area (Å²) in [5.74, 6) is -1.68. The van der Waals surface area contributed by atoms with Crippen LogP contribution in [0.2, 0.25) is 5.02 Å². The van der Waals surface area contributed by atoms with Gasteiger partial charge in [0.05, 0.1) is 0 Å². The summed E-state index contributed by atoms with van der Waals surface area (Å²) in [5, 5.41) is 13.0. The van der Waals surface area contributed by atoms with Crippen LogP contribution in [-0.4, -0.2) is 21.6 Å². The summed E-state index contributed by atoms with van der Waals surface area (Å²) < 4.78 is 6.74. The first-order chi connectivity index (χ1) is 15.8. The lowest BCUT2D eigenvalue weighted by Gasteiger charge is -2.16. The zero-order valence-corrected chi connectivity index (χ0v) is 17.9. The van der Waals surface area contributed by atoms with Crippen molar-refractivity contribution in [3.05, 3.63) is 81.4 Å². The highest BCUT2D eigenvalue weighted by atomic mass is 35.5. The molecule has 1 amide bonds. The molecule has 9 heteroatoms. The topological polar surface area (TPSA) is 128 Å². The first-order valence-electron chi connectivity index (χ1n) is 10.2. The van der Waals surface area contributed by atoms with Gasteiger partial charge in [-0.25, -0.2) is 4.79 Å². The highest BCUT2D eigenvalue weighted by Crippen LogP contribution is 2.32. The van der Waals surface area contributed by atoms with Crippen molar-refractivity contribution in [2.45, 2.75) is 18.9 Å². The highest BCUT2D eigenvalue weighted by molar-refractivity contribution is 6.31. The van der Waals surface area contributed by atoms with Crippen molar-refractivity contribution in [3.8, 4) is 11.1 Å². The molecule has 5 rings (SSSR count). The second-order valence-electron chi connectivity index (χ2n) is 7.89. The Morgan fingerprint density at radius 3 is 2.73 bits per heavy atom. The number of hydrogen-bond acceptors (Lipinski definition) is 5. The van der Waals surface area contributed by atoms with Gasteiger partial charge in [-0.1, -0.05) is 11.6 Å². The molecule has 0 unspecified atom stereocenters. The number of nitrogens with two attached hydrogens (primary N) is 1. The molecule has 1 aliphatic heterocycles. The molecule has 3 heterocycles. The van der Waals surface area contributed by atoms with E-state index in [1.807, 2.05) is 6.07 Å². The summed E-state index contributed by atoms with van der Waals surface area (Å²) >= 11 is 6.09. The van der Waals surface area contributed by atoms with Crippen molar-refractivity contribution in [1.29, 1.82) is 0 Å². The number of fused-ring (bicyclic) bond motifs is 2. The number of nitrogen functional groups attached to an aromatic ring is 1. The number of carbonyl (C=O) groups is 2. The third-order valence-electron chi connectivity index (χ3n) is 5.76. The fourth-order valence-corrected chi connectivity index (χ4v) is 4.40. The van der Waals surface area contributed by atoms with Gasteiger partial charge in [-0.3, -0.25) is 9.59 Å². The quantitative estimate of drug-likeness (QED) is 0.387. The number of aromatic carboxylic acids is 1. The van der Waals surface area contributed by atoms with E-state index in [1.54, 1.807) is 36.4 Å². The maximum Gasteiger partial charge on any atom is 0.371 e. The molecule has 4 N–H and O–H groups in total. The monoisotopic (exact) mass is 463 g/mol. The van der Waals surface area contributed by atoms with Crippen LogP contribution >= 0.6 is 11.6 Å². The largest absolute Gasteiger partial charge is 0.475 e. The molecule has 0 bridgehead atoms. The molecule has 1 atom stereocenters. The number of carboxylic acid groups (broad SMARTS) is 1. The van der Waals surface area contributed by atoms with E-state index in [9.17, 15) is 14.4 Å². The number of carboxylic acids is 1. The number of hydrogen-bond donors (Lipinski definition) is 3. The molecule has 0 radical (unpaired) electrons. The fraction of sp³-hybridized carbons (Fsp3) is 0.125. The SMILES string of the molecule is Nc1ccc(Cl)cc1-c1cc2n(c(=O)c1)[C@H](C(=O)Nc1ccc3oc(C(=O)O)cc3c1)CC2. The molecule has 4 aromatic rings. The Balaban J connectivity index is 1.43. The number of carbonyl (C=O) groups excluding carboxylic acids is 1. The number of benzene rings is 2. The van der Waals surface area contributed by atoms with Crippen LogP contribution in [0, 0.1) is 0 Å². The van der Waals surface area contributed by atoms with Crippen LogP contribution in [0.15, 0.2) is 63.8 Å². The van der Waals surface area contributed by atoms with E-state index >= 15 is 0 Å². The molecule has 0 aliphatic carbocycles. The molecule has 2 aromatic heterocycles. The number of rotatable bonds is 4. The minimum absolute atomic E-state index is 0.180. The average Bonchev–Trinajstić information content (AvgIpc) is 3.40. The number of aryl methyl sites for hydroxylation is 1. The Labute approximate surface area is 192 Å². The summed E-state index contributed by atoms with van der Waals surface area (Å²) in [6.45, 7) is 0. The molecule has 0 spiro atoms. The van der Waals surface area contributed by atoms with Crippen LogP contribution in [0.1, 0.15) is 28.7 Å². The van der Waals surface area contributed by atoms with Crippen molar-refractivity contribution in [2.24, 2.45) is 0 Å². The van der Waals surface area contributed by atoms with Crippen LogP contribution in [0.25, 0.3) is 22.1 Å². The van der Waals surface area contributed by atoms with Crippen LogP contribution in [0.4, 0.5) is 11.4 Å². The Morgan fingerprint density at radius 1 is 1.12 bits per heavy atom. The predicted molar refractivity (Wildman–Crippen MR) is 125 cm³/mol. The van der Waals surface area contributed by atoms with Crippen molar-refractivity contribution in [1.82, 2.24) is 4.57 Å². The Bertz CT molecular complexity index is 1500. The molecule has 33 heavy (non-hydrogen) atoms. The van der Waals surface area contributed by atoms with E-state index in [1.165, 1.54) is 16.7 Å². The van der Waals surface area contributed by atoms with E-state index in [-0.39, 0.29) is 17.2 Å². The predicted octanol–water partition coefficient (Wildman–Crippen LogP) is 4.32. The second kappa shape index (κ2) is 7.83. The lowest BCUT2D eigenvalue weighted by atomic mass is 10.0. The van der Waals surface area contributed by atoms with Gasteiger partial charge in [0, 0.05) is 39.1 Å². The van der Waals surface area contributed by atoms with Crippen LogP contribution in [-0.2, 0) is 11.2 Å². The van der Waals surface area contributed by atoms with Gasteiger partial charge in [0.1, 0.15) is 11.6 Å². The van der Waals surface area contributed by atoms with Gasteiger partial charge in [-0.05, 0) is 66.9 Å². The van der Waals surface area contributed by atoms with E-state index in [4.69, 9.17) is 26.9 Å². The maximum atomic E-state index is 13.0. The lowest BCUT2D eigenvalue weighted by Crippen LogP contribution is -2.31. The summed E-state index contributed by atoms with van der Waals surface area (Å²) in [6, 6.07) is 14.0. The second-order valence-corrected chi connectivity index (χ2v) is 8.32. The van der Waals surface area contributed by atoms with Crippen LogP contribution in [0.3, 0.4) is 0 Å². The van der Waals surface area contributed by atoms with Gasteiger partial charge in [0.15, 0.2) is 0 Å². The maximum absolute atomic E-state index is 13.0. The van der Waals surface area contributed by atoms with Gasteiger partial charge in [-0.15, -0.1) is 0 Å². The number of aromatic nitrogens is 1. The first kappa shape index (κ1) is 20.8. The van der Waals surface area contributed by atoms with Gasteiger partial charge in [0.25, 0.3) is 5.56 Å². The zero-order chi connectivity index (χ0) is 23.3. The van der Waals surface area contributed by atoms with Crippen molar-refractivity contribution in [2.75, 3.05) is 11.1 Å². The van der Waals surface area contributed by atoms with Gasteiger partial charge in [-0.2, -0.15) is 0 Å². The number of nitrogens with zero attached hydrogens (tertiary/aromatic N) is 1. The summed E-state index contributed by atoms with van der Waals surface area (Å²) in [7, 11) is 0. The number of amides is 1. The van der Waals surface area contributed by atoms with Gasteiger partial charge >= 0.3 is 5.97 Å². The molecule has 8 nitrogen and oxygen atoms in total. The Morgan fingerprint density at radius 2 is 1.94 bits per heavy atom. The third kappa shape index (κ3) is 3.74. The molecule has 0 saturated heterocycles. The van der Waals surface area contributed by atoms with Crippen molar-refractivity contribution < 1.29 is 19.1 Å². The lowest BCUT2D eigenvalue weighted by molar-refractivity contribution is -0.119.